The molecule has 98 valence electrons. The average Bonchev–Trinajstić information content (AvgIpc) is 2.38. The zero-order chi connectivity index (χ0) is 12.1. The van der Waals surface area contributed by atoms with Gasteiger partial charge in [-0.1, -0.05) is 12.8 Å². The lowest BCUT2D eigenvalue weighted by molar-refractivity contribution is -0.281. The first-order valence-corrected chi connectivity index (χ1v) is 8.73. The summed E-state index contributed by atoms with van der Waals surface area (Å²) in [5.41, 5.74) is 0. The molecule has 0 aromatic heterocycles. The van der Waals surface area contributed by atoms with Crippen LogP contribution in [0.2, 0.25) is 0 Å². The van der Waals surface area contributed by atoms with Crippen molar-refractivity contribution in [1.29, 1.82) is 0 Å². The van der Waals surface area contributed by atoms with Gasteiger partial charge in [-0.15, -0.1) is 0 Å². The summed E-state index contributed by atoms with van der Waals surface area (Å²) in [5, 5.41) is 10.8. The topological polar surface area (TPSA) is 46.4 Å². The van der Waals surface area contributed by atoms with Crippen LogP contribution in [0.4, 0.5) is 0 Å². The third-order valence-electron chi connectivity index (χ3n) is 3.30. The molecule has 2 rings (SSSR count). The van der Waals surface area contributed by atoms with Crippen molar-refractivity contribution in [3.8, 4) is 0 Å². The second-order valence-corrected chi connectivity index (χ2v) is 7.90. The van der Waals surface area contributed by atoms with Crippen LogP contribution in [-0.2, 0) is 0 Å². The van der Waals surface area contributed by atoms with E-state index in [1.54, 1.807) is 0 Å². The minimum atomic E-state index is -0.217. The highest BCUT2D eigenvalue weighted by Gasteiger charge is 2.25. The van der Waals surface area contributed by atoms with Crippen LogP contribution in [0.25, 0.3) is 0 Å². The molecule has 0 atom stereocenters. The van der Waals surface area contributed by atoms with Crippen LogP contribution < -0.4 is 0 Å². The molecule has 0 aromatic carbocycles. The lowest BCUT2D eigenvalue weighted by atomic mass is 10.1. The highest BCUT2D eigenvalue weighted by molar-refractivity contribution is 8.31. The Bertz CT molecular complexity index is 307. The van der Waals surface area contributed by atoms with Gasteiger partial charge in [0.1, 0.15) is 4.33 Å². The van der Waals surface area contributed by atoms with Gasteiger partial charge in [0.2, 0.25) is 0 Å². The van der Waals surface area contributed by atoms with Crippen LogP contribution in [0, 0.1) is 10.1 Å². The molecule has 0 N–H and O–H groups in total. The van der Waals surface area contributed by atoms with Crippen molar-refractivity contribution in [1.82, 2.24) is 4.90 Å². The Morgan fingerprint density at radius 3 is 2.24 bits per heavy atom. The van der Waals surface area contributed by atoms with E-state index in [1.165, 1.54) is 50.0 Å². The summed E-state index contributed by atoms with van der Waals surface area (Å²) in [5.74, 6) is 2.35. The van der Waals surface area contributed by atoms with Gasteiger partial charge in [-0.2, -0.15) is 10.5 Å². The predicted molar refractivity (Wildman–Crippen MR) is 76.2 cm³/mol. The van der Waals surface area contributed by atoms with E-state index in [0.29, 0.717) is 0 Å². The zero-order valence-corrected chi connectivity index (χ0v) is 11.7. The molecule has 0 unspecified atom stereocenters. The van der Waals surface area contributed by atoms with Gasteiger partial charge >= 0.3 is 0 Å². The molecule has 0 bridgehead atoms. The third kappa shape index (κ3) is 3.96. The minimum Gasteiger partial charge on any atom is -0.259 e. The lowest BCUT2D eigenvalue weighted by Crippen LogP contribution is -2.35. The SMILES string of the molecule is O=[N+]([O-])SC(N1CCCCC1)=S1CCCCC1. The standard InChI is InChI=1S/C11H20N2O2S2/c14-13(15)16-11(12-7-3-1-4-8-12)17-9-5-2-6-10-17/h1-10H2. The van der Waals surface area contributed by atoms with Gasteiger partial charge in [-0.25, -0.2) is 0 Å². The van der Waals surface area contributed by atoms with Crippen molar-refractivity contribution in [2.24, 2.45) is 0 Å². The molecule has 0 saturated carbocycles. The van der Waals surface area contributed by atoms with Gasteiger partial charge < -0.3 is 0 Å². The molecule has 4 nitrogen and oxygen atoms in total. The lowest BCUT2D eigenvalue weighted by Gasteiger charge is -2.29. The van der Waals surface area contributed by atoms with Crippen LogP contribution in [0.1, 0.15) is 38.5 Å². The summed E-state index contributed by atoms with van der Waals surface area (Å²) in [6.07, 6.45) is 7.47. The van der Waals surface area contributed by atoms with E-state index >= 15 is 0 Å². The Balaban J connectivity index is 2.13. The van der Waals surface area contributed by atoms with Crippen LogP contribution in [0.3, 0.4) is 0 Å². The van der Waals surface area contributed by atoms with Crippen molar-refractivity contribution >= 4 is 26.8 Å². The first kappa shape index (κ1) is 13.4. The number of rotatable bonds is 1. The van der Waals surface area contributed by atoms with Crippen molar-refractivity contribution in [2.45, 2.75) is 38.5 Å². The normalized spacial score (nSPS) is 23.5. The quantitative estimate of drug-likeness (QED) is 0.320. The zero-order valence-electron chi connectivity index (χ0n) is 10.1. The van der Waals surface area contributed by atoms with E-state index in [2.05, 4.69) is 4.90 Å². The predicted octanol–water partition coefficient (Wildman–Crippen LogP) is 2.94. The van der Waals surface area contributed by atoms with Crippen LogP contribution >= 0.6 is 22.4 Å². The van der Waals surface area contributed by atoms with Gasteiger partial charge in [-0.05, 0) is 37.2 Å². The van der Waals surface area contributed by atoms with E-state index < -0.39 is 0 Å². The molecule has 0 amide bonds. The molecule has 0 aromatic rings. The number of piperidine rings is 1. The number of nitrogens with zero attached hydrogens (tertiary/aromatic N) is 2. The van der Waals surface area contributed by atoms with Crippen LogP contribution in [0.5, 0.6) is 0 Å². The Morgan fingerprint density at radius 1 is 1.06 bits per heavy atom. The third-order valence-corrected chi connectivity index (χ3v) is 7.10. The molecule has 2 heterocycles. The van der Waals surface area contributed by atoms with Gasteiger partial charge in [0.15, 0.2) is 4.32 Å². The number of hydrogen-bond donors (Lipinski definition) is 0. The maximum Gasteiger partial charge on any atom is 0.284 e. The molecule has 2 fully saturated rings. The summed E-state index contributed by atoms with van der Waals surface area (Å²) < 4.78 is 0.861. The molecule has 0 aliphatic carbocycles. The van der Waals surface area contributed by atoms with E-state index in [4.69, 9.17) is 0 Å². The second kappa shape index (κ2) is 6.75. The second-order valence-electron chi connectivity index (χ2n) is 4.59. The first-order chi connectivity index (χ1) is 8.27. The molecular formula is C11H20N2O2S2. The van der Waals surface area contributed by atoms with Crippen LogP contribution in [-0.4, -0.2) is 38.1 Å². The highest BCUT2D eigenvalue weighted by Crippen LogP contribution is 2.32. The summed E-state index contributed by atoms with van der Waals surface area (Å²) >= 11 is 0.890. The molecule has 2 aliphatic heterocycles. The summed E-state index contributed by atoms with van der Waals surface area (Å²) in [7, 11) is 0.163. The highest BCUT2D eigenvalue weighted by atomic mass is 32.2. The maximum atomic E-state index is 10.8. The van der Waals surface area contributed by atoms with Gasteiger partial charge in [-0.3, -0.25) is 15.0 Å². The fourth-order valence-corrected chi connectivity index (χ4v) is 6.18. The minimum absolute atomic E-state index is 0.163. The number of likely N-dealkylation sites (tertiary alicyclic amines) is 1. The van der Waals surface area contributed by atoms with Gasteiger partial charge in [0, 0.05) is 13.1 Å². The van der Waals surface area contributed by atoms with E-state index in [9.17, 15) is 10.1 Å². The molecule has 0 spiro atoms. The summed E-state index contributed by atoms with van der Waals surface area (Å²) in [6, 6.07) is 0. The first-order valence-electron chi connectivity index (χ1n) is 6.39. The Kier molecular flexibility index (Phi) is 5.31. The molecule has 2 aliphatic rings. The fraction of sp³-hybridized carbons (Fsp3) is 0.909. The fourth-order valence-electron chi connectivity index (χ4n) is 2.44. The van der Waals surface area contributed by atoms with Gasteiger partial charge in [0.05, 0.1) is 0 Å². The number of hydrogen-bond acceptors (Lipinski definition) is 3. The molecule has 6 heteroatoms. The summed E-state index contributed by atoms with van der Waals surface area (Å²) in [6.45, 7) is 2.05. The average molecular weight is 276 g/mol. The smallest absolute Gasteiger partial charge is 0.259 e. The Morgan fingerprint density at radius 2 is 1.65 bits per heavy atom. The van der Waals surface area contributed by atoms with Crippen molar-refractivity contribution < 1.29 is 4.33 Å². The largest absolute Gasteiger partial charge is 0.284 e. The molecule has 0 radical (unpaired) electrons. The monoisotopic (exact) mass is 276 g/mol. The molecular weight excluding hydrogens is 256 g/mol. The molecule has 17 heavy (non-hydrogen) atoms. The van der Waals surface area contributed by atoms with Crippen molar-refractivity contribution in [2.75, 3.05) is 24.6 Å². The maximum absolute atomic E-state index is 10.8. The Hall–Kier alpha value is -0.0700. The van der Waals surface area contributed by atoms with Crippen LogP contribution in [0.15, 0.2) is 0 Å². The van der Waals surface area contributed by atoms with Gasteiger partial charge in [0.25, 0.3) is 11.9 Å². The van der Waals surface area contributed by atoms with E-state index in [1.807, 2.05) is 0 Å². The summed E-state index contributed by atoms with van der Waals surface area (Å²) in [4.78, 5) is 13.1. The van der Waals surface area contributed by atoms with Crippen molar-refractivity contribution in [3.05, 3.63) is 10.1 Å². The van der Waals surface area contributed by atoms with Crippen molar-refractivity contribution in [3.63, 3.8) is 0 Å². The Labute approximate surface area is 109 Å². The van der Waals surface area contributed by atoms with E-state index in [-0.39, 0.29) is 14.8 Å². The molecule has 2 saturated heterocycles. The number of nitro groups is 1. The van der Waals surface area contributed by atoms with E-state index in [0.717, 1.165) is 29.4 Å².